The van der Waals surface area contributed by atoms with Gasteiger partial charge in [0.25, 0.3) is 5.91 Å². The predicted molar refractivity (Wildman–Crippen MR) is 84.3 cm³/mol. The molecular formula is C17H17NO5. The third-order valence-corrected chi connectivity index (χ3v) is 3.30. The number of amides is 1. The number of carbonyl (C=O) groups excluding carboxylic acids is 1. The molecule has 0 radical (unpaired) electrons. The molecule has 0 aromatic heterocycles. The van der Waals surface area contributed by atoms with Crippen molar-refractivity contribution in [2.45, 2.75) is 0 Å². The van der Waals surface area contributed by atoms with Crippen LogP contribution in [0.5, 0.6) is 17.2 Å². The number of ether oxygens (including phenoxy) is 4. The number of hydrogen-bond acceptors (Lipinski definition) is 5. The maximum absolute atomic E-state index is 12.3. The van der Waals surface area contributed by atoms with Gasteiger partial charge in [0, 0.05) is 18.4 Å². The molecule has 3 rings (SSSR count). The number of carbonyl (C=O) groups is 1. The molecule has 120 valence electrons. The zero-order chi connectivity index (χ0) is 16.1. The third kappa shape index (κ3) is 3.73. The van der Waals surface area contributed by atoms with E-state index in [-0.39, 0.29) is 12.7 Å². The second-order valence-electron chi connectivity index (χ2n) is 4.89. The van der Waals surface area contributed by atoms with Crippen molar-refractivity contribution in [1.29, 1.82) is 0 Å². The second-order valence-corrected chi connectivity index (χ2v) is 4.89. The first kappa shape index (κ1) is 15.2. The second kappa shape index (κ2) is 7.02. The van der Waals surface area contributed by atoms with Crippen LogP contribution in [0.25, 0.3) is 0 Å². The van der Waals surface area contributed by atoms with Gasteiger partial charge in [0.15, 0.2) is 11.5 Å². The van der Waals surface area contributed by atoms with Gasteiger partial charge in [-0.1, -0.05) is 0 Å². The highest BCUT2D eigenvalue weighted by Crippen LogP contribution is 2.32. The Hall–Kier alpha value is -2.73. The standard InChI is InChI=1S/C17H17NO5/c1-20-8-9-21-14-5-3-13(4-6-14)18-17(19)12-2-7-15-16(10-12)23-11-22-15/h2-7,10H,8-9,11H2,1H3,(H,18,19). The first-order valence-electron chi connectivity index (χ1n) is 7.19. The van der Waals surface area contributed by atoms with Crippen LogP contribution in [0.1, 0.15) is 10.4 Å². The van der Waals surface area contributed by atoms with Crippen LogP contribution in [0, 0.1) is 0 Å². The van der Waals surface area contributed by atoms with E-state index in [0.29, 0.717) is 36.0 Å². The minimum atomic E-state index is -0.212. The Kier molecular flexibility index (Phi) is 4.63. The largest absolute Gasteiger partial charge is 0.491 e. The van der Waals surface area contributed by atoms with Gasteiger partial charge in [0.2, 0.25) is 6.79 Å². The van der Waals surface area contributed by atoms with Crippen LogP contribution in [-0.2, 0) is 4.74 Å². The van der Waals surface area contributed by atoms with E-state index in [1.807, 2.05) is 0 Å². The Morgan fingerprint density at radius 3 is 2.65 bits per heavy atom. The predicted octanol–water partition coefficient (Wildman–Crippen LogP) is 2.69. The van der Waals surface area contributed by atoms with Crippen molar-refractivity contribution in [3.8, 4) is 17.2 Å². The summed E-state index contributed by atoms with van der Waals surface area (Å²) in [5.74, 6) is 1.75. The molecule has 0 unspecified atom stereocenters. The molecule has 6 heteroatoms. The van der Waals surface area contributed by atoms with Crippen LogP contribution in [0.15, 0.2) is 42.5 Å². The average molecular weight is 315 g/mol. The normalized spacial score (nSPS) is 12.0. The molecule has 1 aliphatic heterocycles. The van der Waals surface area contributed by atoms with Gasteiger partial charge in [0.05, 0.1) is 6.61 Å². The number of fused-ring (bicyclic) bond motifs is 1. The Morgan fingerprint density at radius 2 is 1.87 bits per heavy atom. The Morgan fingerprint density at radius 1 is 1.09 bits per heavy atom. The SMILES string of the molecule is COCCOc1ccc(NC(=O)c2ccc3c(c2)OCO3)cc1. The molecule has 2 aromatic carbocycles. The summed E-state index contributed by atoms with van der Waals surface area (Å²) in [5.41, 5.74) is 1.20. The fourth-order valence-corrected chi connectivity index (χ4v) is 2.12. The van der Waals surface area contributed by atoms with Crippen LogP contribution in [0.3, 0.4) is 0 Å². The average Bonchev–Trinajstić information content (AvgIpc) is 3.04. The number of anilines is 1. The molecule has 23 heavy (non-hydrogen) atoms. The lowest BCUT2D eigenvalue weighted by Crippen LogP contribution is -2.11. The highest BCUT2D eigenvalue weighted by Gasteiger charge is 2.16. The smallest absolute Gasteiger partial charge is 0.255 e. The van der Waals surface area contributed by atoms with E-state index in [2.05, 4.69) is 5.32 Å². The summed E-state index contributed by atoms with van der Waals surface area (Å²) in [6, 6.07) is 12.3. The van der Waals surface area contributed by atoms with Crippen LogP contribution in [0.2, 0.25) is 0 Å². The zero-order valence-electron chi connectivity index (χ0n) is 12.7. The molecule has 0 bridgehead atoms. The monoisotopic (exact) mass is 315 g/mol. The molecule has 0 saturated heterocycles. The van der Waals surface area contributed by atoms with Gasteiger partial charge >= 0.3 is 0 Å². The minimum Gasteiger partial charge on any atom is -0.491 e. The number of methoxy groups -OCH3 is 1. The molecule has 1 aliphatic rings. The van der Waals surface area contributed by atoms with Crippen molar-refractivity contribution in [2.75, 3.05) is 32.4 Å². The van der Waals surface area contributed by atoms with Crippen molar-refractivity contribution < 1.29 is 23.7 Å². The number of rotatable bonds is 6. The van der Waals surface area contributed by atoms with Crippen molar-refractivity contribution in [3.05, 3.63) is 48.0 Å². The zero-order valence-corrected chi connectivity index (χ0v) is 12.7. The van der Waals surface area contributed by atoms with Crippen molar-refractivity contribution in [3.63, 3.8) is 0 Å². The molecule has 1 heterocycles. The topological polar surface area (TPSA) is 66.0 Å². The van der Waals surface area contributed by atoms with E-state index >= 15 is 0 Å². The number of hydrogen-bond donors (Lipinski definition) is 1. The van der Waals surface area contributed by atoms with Crippen molar-refractivity contribution >= 4 is 11.6 Å². The Labute approximate surface area is 133 Å². The molecule has 0 spiro atoms. The van der Waals surface area contributed by atoms with Crippen LogP contribution in [-0.4, -0.2) is 33.0 Å². The van der Waals surface area contributed by atoms with Gasteiger partial charge in [-0.2, -0.15) is 0 Å². The van der Waals surface area contributed by atoms with E-state index < -0.39 is 0 Å². The summed E-state index contributed by atoms with van der Waals surface area (Å²) in [6.07, 6.45) is 0. The van der Waals surface area contributed by atoms with E-state index in [0.717, 1.165) is 5.75 Å². The number of benzene rings is 2. The summed E-state index contributed by atoms with van der Waals surface area (Å²) < 4.78 is 20.9. The molecule has 0 aliphatic carbocycles. The Balaban J connectivity index is 1.61. The lowest BCUT2D eigenvalue weighted by atomic mass is 10.2. The molecule has 1 amide bonds. The quantitative estimate of drug-likeness (QED) is 0.830. The lowest BCUT2D eigenvalue weighted by molar-refractivity contribution is 0.102. The minimum absolute atomic E-state index is 0.185. The third-order valence-electron chi connectivity index (χ3n) is 3.30. The van der Waals surface area contributed by atoms with E-state index in [1.165, 1.54) is 0 Å². The molecule has 0 fully saturated rings. The fourth-order valence-electron chi connectivity index (χ4n) is 2.12. The summed E-state index contributed by atoms with van der Waals surface area (Å²) in [7, 11) is 1.62. The van der Waals surface area contributed by atoms with E-state index in [9.17, 15) is 4.79 Å². The van der Waals surface area contributed by atoms with E-state index in [4.69, 9.17) is 18.9 Å². The first-order valence-corrected chi connectivity index (χ1v) is 7.19. The molecular weight excluding hydrogens is 298 g/mol. The van der Waals surface area contributed by atoms with Crippen molar-refractivity contribution in [1.82, 2.24) is 0 Å². The number of nitrogens with one attached hydrogen (secondary N) is 1. The van der Waals surface area contributed by atoms with Gasteiger partial charge < -0.3 is 24.3 Å². The summed E-state index contributed by atoms with van der Waals surface area (Å²) >= 11 is 0. The highest BCUT2D eigenvalue weighted by molar-refractivity contribution is 6.04. The fraction of sp³-hybridized carbons (Fsp3) is 0.235. The Bertz CT molecular complexity index is 684. The van der Waals surface area contributed by atoms with Gasteiger partial charge in [-0.15, -0.1) is 0 Å². The summed E-state index contributed by atoms with van der Waals surface area (Å²) in [6.45, 7) is 1.20. The molecule has 6 nitrogen and oxygen atoms in total. The molecule has 1 N–H and O–H groups in total. The van der Waals surface area contributed by atoms with Gasteiger partial charge in [0.1, 0.15) is 12.4 Å². The van der Waals surface area contributed by atoms with Gasteiger partial charge in [-0.3, -0.25) is 4.79 Å². The van der Waals surface area contributed by atoms with Crippen LogP contribution >= 0.6 is 0 Å². The maximum atomic E-state index is 12.3. The van der Waals surface area contributed by atoms with Gasteiger partial charge in [-0.25, -0.2) is 0 Å². The van der Waals surface area contributed by atoms with Crippen molar-refractivity contribution in [2.24, 2.45) is 0 Å². The maximum Gasteiger partial charge on any atom is 0.255 e. The highest BCUT2D eigenvalue weighted by atomic mass is 16.7. The summed E-state index contributed by atoms with van der Waals surface area (Å²) in [4.78, 5) is 12.3. The van der Waals surface area contributed by atoms with Crippen LogP contribution < -0.4 is 19.5 Å². The molecule has 0 saturated carbocycles. The first-order chi connectivity index (χ1) is 11.3. The van der Waals surface area contributed by atoms with E-state index in [1.54, 1.807) is 49.6 Å². The summed E-state index contributed by atoms with van der Waals surface area (Å²) in [5, 5.41) is 2.83. The molecule has 2 aromatic rings. The lowest BCUT2D eigenvalue weighted by Gasteiger charge is -2.08. The molecule has 0 atom stereocenters. The van der Waals surface area contributed by atoms with Crippen LogP contribution in [0.4, 0.5) is 5.69 Å². The van der Waals surface area contributed by atoms with Gasteiger partial charge in [-0.05, 0) is 42.5 Å².